The first-order valence-corrected chi connectivity index (χ1v) is 4.88. The number of nitrogen functional groups attached to an aromatic ring is 1. The van der Waals surface area contributed by atoms with Crippen molar-refractivity contribution in [1.82, 2.24) is 0 Å². The molecule has 2 nitrogen and oxygen atoms in total. The molecule has 0 heterocycles. The summed E-state index contributed by atoms with van der Waals surface area (Å²) in [7, 11) is 0. The highest BCUT2D eigenvalue weighted by atomic mass is 19.1. The quantitative estimate of drug-likeness (QED) is 0.672. The average molecular weight is 194 g/mol. The zero-order valence-electron chi connectivity index (χ0n) is 8.31. The maximum Gasteiger partial charge on any atom is 0.146 e. The predicted octanol–water partition coefficient (Wildman–Crippen LogP) is 2.05. The lowest BCUT2D eigenvalue weighted by Gasteiger charge is -2.39. The van der Waals surface area contributed by atoms with Gasteiger partial charge in [0, 0.05) is 5.54 Å². The molecule has 0 amide bonds. The van der Waals surface area contributed by atoms with E-state index < -0.39 is 0 Å². The van der Waals surface area contributed by atoms with Gasteiger partial charge in [0.15, 0.2) is 0 Å². The fourth-order valence-corrected chi connectivity index (χ4v) is 2.07. The zero-order chi connectivity index (χ0) is 10.3. The Morgan fingerprint density at radius 2 is 2.00 bits per heavy atom. The van der Waals surface area contributed by atoms with Gasteiger partial charge in [0.1, 0.15) is 5.82 Å². The fraction of sp³-hybridized carbons (Fsp3) is 0.455. The Labute approximate surface area is 83.1 Å². The van der Waals surface area contributed by atoms with E-state index >= 15 is 0 Å². The predicted molar refractivity (Wildman–Crippen MR) is 55.3 cm³/mol. The SMILES string of the molecule is Cc1cc(N)c(F)cc1C1(N)CCC1. The van der Waals surface area contributed by atoms with Gasteiger partial charge in [0.2, 0.25) is 0 Å². The highest BCUT2D eigenvalue weighted by Crippen LogP contribution is 2.40. The number of halogens is 1. The van der Waals surface area contributed by atoms with Crippen LogP contribution in [0.1, 0.15) is 30.4 Å². The van der Waals surface area contributed by atoms with Crippen LogP contribution in [0, 0.1) is 12.7 Å². The normalized spacial score (nSPS) is 19.1. The van der Waals surface area contributed by atoms with Gasteiger partial charge in [-0.3, -0.25) is 0 Å². The molecule has 0 radical (unpaired) electrons. The minimum atomic E-state index is -0.359. The number of rotatable bonds is 1. The fourth-order valence-electron chi connectivity index (χ4n) is 2.07. The van der Waals surface area contributed by atoms with Crippen LogP contribution in [0.3, 0.4) is 0 Å². The van der Waals surface area contributed by atoms with E-state index in [-0.39, 0.29) is 17.0 Å². The lowest BCUT2D eigenvalue weighted by molar-refractivity contribution is 0.251. The molecule has 1 aliphatic rings. The second-order valence-corrected chi connectivity index (χ2v) is 4.20. The topological polar surface area (TPSA) is 52.0 Å². The molecule has 1 aromatic carbocycles. The molecule has 3 heteroatoms. The molecule has 76 valence electrons. The molecule has 0 unspecified atom stereocenters. The lowest BCUT2D eigenvalue weighted by Crippen LogP contribution is -2.43. The molecule has 1 saturated carbocycles. The summed E-state index contributed by atoms with van der Waals surface area (Å²) in [5.41, 5.74) is 13.4. The number of benzene rings is 1. The number of hydrogen-bond donors (Lipinski definition) is 2. The number of nitrogens with two attached hydrogens (primary N) is 2. The third-order valence-corrected chi connectivity index (χ3v) is 3.13. The van der Waals surface area contributed by atoms with Gasteiger partial charge in [0.25, 0.3) is 0 Å². The van der Waals surface area contributed by atoms with Crippen LogP contribution in [-0.2, 0) is 5.54 Å². The van der Waals surface area contributed by atoms with Crippen molar-refractivity contribution in [3.8, 4) is 0 Å². The van der Waals surface area contributed by atoms with Crippen LogP contribution < -0.4 is 11.5 Å². The molecule has 14 heavy (non-hydrogen) atoms. The van der Waals surface area contributed by atoms with Gasteiger partial charge in [-0.15, -0.1) is 0 Å². The van der Waals surface area contributed by atoms with Gasteiger partial charge in [0.05, 0.1) is 5.69 Å². The maximum absolute atomic E-state index is 13.3. The molecule has 0 aliphatic heterocycles. The number of aryl methyl sites for hydroxylation is 1. The first kappa shape index (κ1) is 9.46. The van der Waals surface area contributed by atoms with Crippen LogP contribution in [0.5, 0.6) is 0 Å². The molecule has 0 saturated heterocycles. The molecule has 1 aromatic rings. The molecular weight excluding hydrogens is 179 g/mol. The summed E-state index contributed by atoms with van der Waals surface area (Å²) in [5.74, 6) is -0.359. The Bertz CT molecular complexity index is 370. The van der Waals surface area contributed by atoms with E-state index in [1.54, 1.807) is 6.07 Å². The molecular formula is C11H15FN2. The van der Waals surface area contributed by atoms with Crippen LogP contribution >= 0.6 is 0 Å². The Balaban J connectivity index is 2.48. The summed E-state index contributed by atoms with van der Waals surface area (Å²) < 4.78 is 13.3. The van der Waals surface area contributed by atoms with Crippen molar-refractivity contribution in [2.75, 3.05) is 5.73 Å². The molecule has 0 spiro atoms. The zero-order valence-corrected chi connectivity index (χ0v) is 8.31. The Kier molecular flexibility index (Phi) is 2.00. The van der Waals surface area contributed by atoms with Crippen molar-refractivity contribution in [1.29, 1.82) is 0 Å². The standard InChI is InChI=1S/C11H15FN2/c1-7-5-10(13)9(12)6-8(7)11(14)3-2-4-11/h5-6H,2-4,13-14H2,1H3. The molecule has 4 N–H and O–H groups in total. The van der Waals surface area contributed by atoms with E-state index in [4.69, 9.17) is 11.5 Å². The Morgan fingerprint density at radius 3 is 2.50 bits per heavy atom. The van der Waals surface area contributed by atoms with Crippen molar-refractivity contribution < 1.29 is 4.39 Å². The van der Waals surface area contributed by atoms with E-state index in [2.05, 4.69) is 0 Å². The van der Waals surface area contributed by atoms with Crippen molar-refractivity contribution in [2.45, 2.75) is 31.7 Å². The third-order valence-electron chi connectivity index (χ3n) is 3.13. The molecule has 0 aromatic heterocycles. The monoisotopic (exact) mass is 194 g/mol. The Morgan fingerprint density at radius 1 is 1.36 bits per heavy atom. The molecule has 2 rings (SSSR count). The molecule has 0 atom stereocenters. The molecule has 0 bridgehead atoms. The van der Waals surface area contributed by atoms with Crippen LogP contribution in [-0.4, -0.2) is 0 Å². The van der Waals surface area contributed by atoms with Gasteiger partial charge in [-0.25, -0.2) is 4.39 Å². The minimum Gasteiger partial charge on any atom is -0.396 e. The maximum atomic E-state index is 13.3. The van der Waals surface area contributed by atoms with Gasteiger partial charge in [-0.2, -0.15) is 0 Å². The average Bonchev–Trinajstić information content (AvgIpc) is 2.07. The highest BCUT2D eigenvalue weighted by Gasteiger charge is 2.35. The van der Waals surface area contributed by atoms with Gasteiger partial charge >= 0.3 is 0 Å². The third kappa shape index (κ3) is 1.28. The van der Waals surface area contributed by atoms with E-state index in [1.165, 1.54) is 6.07 Å². The van der Waals surface area contributed by atoms with E-state index in [0.717, 1.165) is 30.4 Å². The minimum absolute atomic E-state index is 0.203. The number of anilines is 1. The van der Waals surface area contributed by atoms with Crippen LogP contribution in [0.4, 0.5) is 10.1 Å². The van der Waals surface area contributed by atoms with Gasteiger partial charge < -0.3 is 11.5 Å². The summed E-state index contributed by atoms with van der Waals surface area (Å²) >= 11 is 0. The summed E-state index contributed by atoms with van der Waals surface area (Å²) in [6.07, 6.45) is 3.01. The van der Waals surface area contributed by atoms with Crippen molar-refractivity contribution >= 4 is 5.69 Å². The largest absolute Gasteiger partial charge is 0.396 e. The lowest BCUT2D eigenvalue weighted by atomic mass is 9.71. The smallest absolute Gasteiger partial charge is 0.146 e. The van der Waals surface area contributed by atoms with Crippen molar-refractivity contribution in [3.05, 3.63) is 29.1 Å². The van der Waals surface area contributed by atoms with E-state index in [9.17, 15) is 4.39 Å². The Hall–Kier alpha value is -1.09. The van der Waals surface area contributed by atoms with Crippen LogP contribution in [0.25, 0.3) is 0 Å². The second-order valence-electron chi connectivity index (χ2n) is 4.20. The van der Waals surface area contributed by atoms with Gasteiger partial charge in [-0.05, 0) is 49.4 Å². The van der Waals surface area contributed by atoms with Crippen molar-refractivity contribution in [3.63, 3.8) is 0 Å². The molecule has 1 fully saturated rings. The highest BCUT2D eigenvalue weighted by molar-refractivity contribution is 5.48. The van der Waals surface area contributed by atoms with E-state index in [1.807, 2.05) is 6.92 Å². The molecule has 1 aliphatic carbocycles. The summed E-state index contributed by atoms with van der Waals surface area (Å²) in [4.78, 5) is 0. The summed E-state index contributed by atoms with van der Waals surface area (Å²) in [6, 6.07) is 3.15. The van der Waals surface area contributed by atoms with Crippen LogP contribution in [0.15, 0.2) is 12.1 Å². The van der Waals surface area contributed by atoms with Crippen molar-refractivity contribution in [2.24, 2.45) is 5.73 Å². The first-order chi connectivity index (χ1) is 6.53. The second kappa shape index (κ2) is 2.95. The summed E-state index contributed by atoms with van der Waals surface area (Å²) in [5, 5.41) is 0. The first-order valence-electron chi connectivity index (χ1n) is 4.88. The summed E-state index contributed by atoms with van der Waals surface area (Å²) in [6.45, 7) is 1.93. The van der Waals surface area contributed by atoms with E-state index in [0.29, 0.717) is 0 Å². The number of hydrogen-bond acceptors (Lipinski definition) is 2. The van der Waals surface area contributed by atoms with Gasteiger partial charge in [-0.1, -0.05) is 0 Å². The van der Waals surface area contributed by atoms with Crippen LogP contribution in [0.2, 0.25) is 0 Å².